The van der Waals surface area contributed by atoms with Crippen molar-refractivity contribution in [3.8, 4) is 0 Å². The summed E-state index contributed by atoms with van der Waals surface area (Å²) in [4.78, 5) is 48.5. The zero-order chi connectivity index (χ0) is 17.0. The van der Waals surface area contributed by atoms with Crippen molar-refractivity contribution in [3.05, 3.63) is 22.4 Å². The molecule has 1 fully saturated rings. The van der Waals surface area contributed by atoms with Crippen molar-refractivity contribution >= 4 is 35.2 Å². The van der Waals surface area contributed by atoms with E-state index in [9.17, 15) is 19.2 Å². The lowest BCUT2D eigenvalue weighted by atomic mass is 9.95. The van der Waals surface area contributed by atoms with E-state index in [1.165, 1.54) is 11.3 Å². The van der Waals surface area contributed by atoms with Crippen LogP contribution in [0.25, 0.3) is 0 Å². The second-order valence-corrected chi connectivity index (χ2v) is 6.04. The van der Waals surface area contributed by atoms with Crippen molar-refractivity contribution < 1.29 is 19.2 Å². The van der Waals surface area contributed by atoms with Crippen LogP contribution in [0.3, 0.4) is 0 Å². The average molecular weight is 338 g/mol. The van der Waals surface area contributed by atoms with E-state index in [-0.39, 0.29) is 0 Å². The first-order valence-corrected chi connectivity index (χ1v) is 8.07. The summed E-state index contributed by atoms with van der Waals surface area (Å²) < 4.78 is 0. The second kappa shape index (κ2) is 6.78. The summed E-state index contributed by atoms with van der Waals surface area (Å²) in [7, 11) is 0. The van der Waals surface area contributed by atoms with E-state index in [2.05, 4.69) is 16.0 Å². The zero-order valence-electron chi connectivity index (χ0n) is 12.8. The number of rotatable bonds is 5. The summed E-state index contributed by atoms with van der Waals surface area (Å²) in [5.41, 5.74) is -0.536. The van der Waals surface area contributed by atoms with Gasteiger partial charge in [-0.3, -0.25) is 19.8 Å². The first-order chi connectivity index (χ1) is 10.9. The van der Waals surface area contributed by atoms with Crippen LogP contribution in [0.4, 0.5) is 9.59 Å². The topological polar surface area (TPSA) is 108 Å². The monoisotopic (exact) mass is 338 g/mol. The van der Waals surface area contributed by atoms with Gasteiger partial charge in [-0.1, -0.05) is 6.92 Å². The van der Waals surface area contributed by atoms with Crippen LogP contribution in [0.1, 0.15) is 25.8 Å². The highest BCUT2D eigenvalue weighted by Gasteiger charge is 2.49. The number of thiophene rings is 1. The van der Waals surface area contributed by atoms with Crippen molar-refractivity contribution in [1.82, 2.24) is 20.9 Å². The van der Waals surface area contributed by atoms with Crippen molar-refractivity contribution in [2.75, 3.05) is 13.1 Å². The molecule has 1 aliphatic heterocycles. The number of urea groups is 2. The number of hydrogen-bond donors (Lipinski definition) is 3. The van der Waals surface area contributed by atoms with Gasteiger partial charge in [0, 0.05) is 6.54 Å². The van der Waals surface area contributed by atoms with Crippen molar-refractivity contribution in [2.24, 2.45) is 0 Å². The molecule has 1 atom stereocenters. The maximum absolute atomic E-state index is 12.5. The molecule has 1 saturated heterocycles. The van der Waals surface area contributed by atoms with Crippen LogP contribution < -0.4 is 16.0 Å². The van der Waals surface area contributed by atoms with E-state index in [0.29, 0.717) is 12.1 Å². The number of carbonyl (C=O) groups excluding carboxylic acids is 4. The maximum atomic E-state index is 12.5. The third kappa shape index (κ3) is 3.50. The number of amides is 6. The van der Waals surface area contributed by atoms with Gasteiger partial charge in [0.15, 0.2) is 0 Å². The molecule has 23 heavy (non-hydrogen) atoms. The summed E-state index contributed by atoms with van der Waals surface area (Å²) in [6, 6.07) is 0.433. The molecule has 0 unspecified atom stereocenters. The molecule has 0 spiro atoms. The lowest BCUT2D eigenvalue weighted by Gasteiger charge is -2.20. The first-order valence-electron chi connectivity index (χ1n) is 7.13. The molecule has 0 radical (unpaired) electrons. The minimum atomic E-state index is -1.19. The molecule has 1 aromatic heterocycles. The van der Waals surface area contributed by atoms with Crippen molar-refractivity contribution in [1.29, 1.82) is 0 Å². The van der Waals surface area contributed by atoms with Gasteiger partial charge in [0.05, 0.1) is 0 Å². The van der Waals surface area contributed by atoms with Gasteiger partial charge in [0.25, 0.3) is 5.91 Å². The van der Waals surface area contributed by atoms with Crippen molar-refractivity contribution in [2.45, 2.75) is 25.8 Å². The smallest absolute Gasteiger partial charge is 0.325 e. The van der Waals surface area contributed by atoms with Crippen LogP contribution in [0.15, 0.2) is 16.8 Å². The first kappa shape index (κ1) is 16.9. The molecule has 1 aliphatic rings. The molecule has 9 heteroatoms. The fourth-order valence-corrected chi connectivity index (χ4v) is 2.94. The molecule has 1 aromatic rings. The molecule has 2 rings (SSSR count). The second-order valence-electron chi connectivity index (χ2n) is 5.26. The Balaban J connectivity index is 2.01. The van der Waals surface area contributed by atoms with Crippen LogP contribution in [0.2, 0.25) is 0 Å². The molecule has 124 valence electrons. The van der Waals surface area contributed by atoms with Gasteiger partial charge < -0.3 is 10.6 Å². The third-order valence-corrected chi connectivity index (χ3v) is 4.15. The van der Waals surface area contributed by atoms with Crippen LogP contribution >= 0.6 is 11.3 Å². The molecular formula is C14H18N4O4S. The Morgan fingerprint density at radius 3 is 2.74 bits per heavy atom. The van der Waals surface area contributed by atoms with Crippen LogP contribution in [0, 0.1) is 0 Å². The van der Waals surface area contributed by atoms with E-state index >= 15 is 0 Å². The van der Waals surface area contributed by atoms with E-state index in [0.717, 1.165) is 11.3 Å². The number of nitrogens with zero attached hydrogens (tertiary/aromatic N) is 1. The quantitative estimate of drug-likeness (QED) is 0.689. The Hall–Kier alpha value is -2.42. The predicted octanol–water partition coefficient (Wildman–Crippen LogP) is 0.751. The summed E-state index contributed by atoms with van der Waals surface area (Å²) in [5.74, 6) is -1.25. The number of imide groups is 2. The molecule has 6 amide bonds. The Morgan fingerprint density at radius 2 is 2.13 bits per heavy atom. The van der Waals surface area contributed by atoms with Crippen molar-refractivity contribution in [3.63, 3.8) is 0 Å². The largest absolute Gasteiger partial charge is 0.338 e. The minimum Gasteiger partial charge on any atom is -0.338 e. The maximum Gasteiger partial charge on any atom is 0.325 e. The van der Waals surface area contributed by atoms with Gasteiger partial charge in [-0.05, 0) is 35.7 Å². The lowest BCUT2D eigenvalue weighted by molar-refractivity contribution is -0.134. The summed E-state index contributed by atoms with van der Waals surface area (Å²) >= 11 is 1.41. The molecule has 0 bridgehead atoms. The molecular weight excluding hydrogens is 320 g/mol. The number of carbonyl (C=O) groups is 4. The molecule has 0 aliphatic carbocycles. The zero-order valence-corrected chi connectivity index (χ0v) is 13.7. The minimum absolute atomic E-state index is 0.429. The standard InChI is InChI=1S/C14H18N4O4S/c1-3-5-15-12(21)16-10(19)7-18-11(20)14(2,17-13(18)22)9-4-6-23-8-9/h4,6,8H,3,5,7H2,1-2H3,(H,17,22)(H2,15,16,19,21)/t14-/m1/s1. The van der Waals surface area contributed by atoms with E-state index in [1.807, 2.05) is 6.92 Å². The van der Waals surface area contributed by atoms with Crippen LogP contribution in [-0.2, 0) is 15.1 Å². The number of hydrogen-bond acceptors (Lipinski definition) is 5. The number of nitrogens with one attached hydrogen (secondary N) is 3. The highest BCUT2D eigenvalue weighted by atomic mass is 32.1. The average Bonchev–Trinajstić information content (AvgIpc) is 3.10. The van der Waals surface area contributed by atoms with Gasteiger partial charge in [0.1, 0.15) is 12.1 Å². The molecule has 3 N–H and O–H groups in total. The van der Waals surface area contributed by atoms with E-state index in [4.69, 9.17) is 0 Å². The Bertz CT molecular complexity index is 631. The Morgan fingerprint density at radius 1 is 1.39 bits per heavy atom. The highest BCUT2D eigenvalue weighted by molar-refractivity contribution is 7.08. The lowest BCUT2D eigenvalue weighted by Crippen LogP contribution is -2.47. The van der Waals surface area contributed by atoms with Crippen LogP contribution in [-0.4, -0.2) is 41.9 Å². The fourth-order valence-electron chi connectivity index (χ4n) is 2.18. The molecule has 0 aromatic carbocycles. The van der Waals surface area contributed by atoms with Gasteiger partial charge in [-0.15, -0.1) is 0 Å². The van der Waals surface area contributed by atoms with Gasteiger partial charge in [-0.2, -0.15) is 11.3 Å². The van der Waals surface area contributed by atoms with E-state index < -0.39 is 36.0 Å². The Labute approximate surface area is 137 Å². The normalized spacial score (nSPS) is 20.3. The SMILES string of the molecule is CCCNC(=O)NC(=O)CN1C(=O)N[C@](C)(c2ccsc2)C1=O. The van der Waals surface area contributed by atoms with Crippen LogP contribution in [0.5, 0.6) is 0 Å². The highest BCUT2D eigenvalue weighted by Crippen LogP contribution is 2.29. The fraction of sp³-hybridized carbons (Fsp3) is 0.429. The van der Waals surface area contributed by atoms with Gasteiger partial charge in [-0.25, -0.2) is 9.59 Å². The summed E-state index contributed by atoms with van der Waals surface area (Å²) in [6.45, 7) is 3.38. The molecule has 2 heterocycles. The Kier molecular flexibility index (Phi) is 4.99. The third-order valence-electron chi connectivity index (χ3n) is 3.46. The molecule has 0 saturated carbocycles. The van der Waals surface area contributed by atoms with Gasteiger partial charge in [0.2, 0.25) is 5.91 Å². The predicted molar refractivity (Wildman–Crippen MR) is 83.7 cm³/mol. The summed E-state index contributed by atoms with van der Waals surface area (Å²) in [5, 5.41) is 10.7. The van der Waals surface area contributed by atoms with E-state index in [1.54, 1.807) is 23.8 Å². The summed E-state index contributed by atoms with van der Waals surface area (Å²) in [6.07, 6.45) is 0.730. The van der Waals surface area contributed by atoms with Gasteiger partial charge >= 0.3 is 12.1 Å². The molecule has 8 nitrogen and oxygen atoms in total.